The molecule has 0 spiro atoms. The summed E-state index contributed by atoms with van der Waals surface area (Å²) < 4.78 is 0. The first-order chi connectivity index (χ1) is 4.92. The Bertz CT molecular complexity index is 253. The normalized spacial score (nSPS) is 11.7. The Labute approximate surface area is 61.1 Å². The summed E-state index contributed by atoms with van der Waals surface area (Å²) in [7, 11) is 0. The highest BCUT2D eigenvalue weighted by Gasteiger charge is 2.17. The molecule has 0 N–H and O–H groups in total. The Morgan fingerprint density at radius 1 is 1.50 bits per heavy atom. The first-order valence-electron chi connectivity index (χ1n) is 3.91. The van der Waals surface area contributed by atoms with Gasteiger partial charge in [0, 0.05) is 11.8 Å². The second kappa shape index (κ2) is 2.08. The van der Waals surface area contributed by atoms with Crippen molar-refractivity contribution in [3.63, 3.8) is 0 Å². The second-order valence-corrected chi connectivity index (χ2v) is 2.83. The van der Waals surface area contributed by atoms with Gasteiger partial charge in [-0.15, -0.1) is 0 Å². The molecule has 0 fully saturated rings. The van der Waals surface area contributed by atoms with Gasteiger partial charge < -0.3 is 0 Å². The summed E-state index contributed by atoms with van der Waals surface area (Å²) >= 11 is 0. The number of aryl methyl sites for hydroxylation is 1. The van der Waals surface area contributed by atoms with Crippen LogP contribution in [0.2, 0.25) is 0 Å². The molecule has 1 heterocycles. The Hall–Kier alpha value is -0.850. The molecule has 0 bridgehead atoms. The lowest BCUT2D eigenvalue weighted by molar-refractivity contribution is 0.789. The van der Waals surface area contributed by atoms with Gasteiger partial charge in [-0.25, -0.2) is 0 Å². The summed E-state index contributed by atoms with van der Waals surface area (Å²) in [6.07, 6.45) is 5.83. The van der Waals surface area contributed by atoms with Crippen molar-refractivity contribution in [1.29, 1.82) is 0 Å². The van der Waals surface area contributed by atoms with E-state index in [0.717, 1.165) is 0 Å². The van der Waals surface area contributed by atoms with Crippen molar-refractivity contribution in [2.75, 3.05) is 0 Å². The third-order valence-corrected chi connectivity index (χ3v) is 2.07. The Morgan fingerprint density at radius 3 is 2.80 bits per heavy atom. The molecule has 2 aliphatic rings. The maximum atomic E-state index is 4.07. The van der Waals surface area contributed by atoms with E-state index < -0.39 is 0 Å². The van der Waals surface area contributed by atoms with E-state index in [1.54, 1.807) is 0 Å². The zero-order valence-electron chi connectivity index (χ0n) is 6.22. The van der Waals surface area contributed by atoms with Crippen LogP contribution in [-0.4, -0.2) is 4.98 Å². The molecule has 52 valence electrons. The molecule has 0 aromatic rings. The van der Waals surface area contributed by atoms with E-state index in [4.69, 9.17) is 0 Å². The van der Waals surface area contributed by atoms with Crippen molar-refractivity contribution in [3.05, 3.63) is 17.8 Å². The summed E-state index contributed by atoms with van der Waals surface area (Å²) in [6, 6.07) is 2.20. The smallest absolute Gasteiger partial charge is 0.0723 e. The highest BCUT2D eigenvalue weighted by atomic mass is 14.7. The van der Waals surface area contributed by atoms with Gasteiger partial charge in [0.05, 0.1) is 5.69 Å². The summed E-state index contributed by atoms with van der Waals surface area (Å²) in [5.74, 6) is 0. The zero-order chi connectivity index (χ0) is 6.97. The van der Waals surface area contributed by atoms with Gasteiger partial charge in [-0.2, -0.15) is 0 Å². The summed E-state index contributed by atoms with van der Waals surface area (Å²) in [4.78, 5) is 4.07. The highest BCUT2D eigenvalue weighted by molar-refractivity contribution is 5.75. The maximum Gasteiger partial charge on any atom is 0.0723 e. The minimum atomic E-state index is 1.23. The fourth-order valence-electron chi connectivity index (χ4n) is 1.31. The third kappa shape index (κ3) is 0.666. The van der Waals surface area contributed by atoms with Gasteiger partial charge in [-0.05, 0) is 24.5 Å². The molecular formula is C9H11N. The van der Waals surface area contributed by atoms with Crippen molar-refractivity contribution in [1.82, 2.24) is 4.98 Å². The van der Waals surface area contributed by atoms with Crippen LogP contribution in [-0.2, 0) is 6.42 Å². The van der Waals surface area contributed by atoms with Crippen LogP contribution in [0, 0.1) is 0 Å². The number of aromatic nitrogens is 1. The summed E-state index contributed by atoms with van der Waals surface area (Å²) in [6.45, 7) is 2.23. The summed E-state index contributed by atoms with van der Waals surface area (Å²) in [5.41, 5.74) is 4.17. The van der Waals surface area contributed by atoms with Crippen LogP contribution < -0.4 is 0 Å². The average molecular weight is 133 g/mol. The zero-order valence-corrected chi connectivity index (χ0v) is 6.22. The molecule has 1 aliphatic carbocycles. The molecule has 0 atom stereocenters. The fourth-order valence-corrected chi connectivity index (χ4v) is 1.31. The molecule has 2 rings (SSSR count). The van der Waals surface area contributed by atoms with Gasteiger partial charge in [-0.3, -0.25) is 4.98 Å². The Kier molecular flexibility index (Phi) is 1.23. The van der Waals surface area contributed by atoms with Crippen molar-refractivity contribution >= 4 is 0 Å². The van der Waals surface area contributed by atoms with Crippen molar-refractivity contribution in [3.8, 4) is 11.3 Å². The highest BCUT2D eigenvalue weighted by Crippen LogP contribution is 2.33. The van der Waals surface area contributed by atoms with Crippen LogP contribution in [0.4, 0.5) is 0 Å². The van der Waals surface area contributed by atoms with Gasteiger partial charge in [0.2, 0.25) is 0 Å². The van der Waals surface area contributed by atoms with E-state index in [9.17, 15) is 0 Å². The lowest BCUT2D eigenvalue weighted by atomic mass is 9.91. The van der Waals surface area contributed by atoms with Crippen LogP contribution in [0.15, 0.2) is 12.3 Å². The van der Waals surface area contributed by atoms with Gasteiger partial charge >= 0.3 is 0 Å². The van der Waals surface area contributed by atoms with E-state index in [-0.39, 0.29) is 0 Å². The molecule has 10 heavy (non-hydrogen) atoms. The van der Waals surface area contributed by atoms with Crippen LogP contribution in [0.3, 0.4) is 0 Å². The van der Waals surface area contributed by atoms with E-state index in [1.807, 2.05) is 6.20 Å². The lowest BCUT2D eigenvalue weighted by Crippen LogP contribution is -2.03. The van der Waals surface area contributed by atoms with E-state index in [1.165, 1.54) is 36.1 Å². The number of hydrogen-bond acceptors (Lipinski definition) is 1. The number of rotatable bonds is 3. The first kappa shape index (κ1) is 5.90. The number of fused-ring (bicyclic) bond motifs is 1. The van der Waals surface area contributed by atoms with Gasteiger partial charge in [0.25, 0.3) is 0 Å². The average Bonchev–Trinajstić information content (AvgIpc) is 1.92. The molecule has 1 aliphatic heterocycles. The first-order valence-corrected chi connectivity index (χ1v) is 3.91. The second-order valence-electron chi connectivity index (χ2n) is 2.83. The largest absolute Gasteiger partial charge is 0.255 e. The Balaban J connectivity index is 1.99. The van der Waals surface area contributed by atoms with Crippen LogP contribution >= 0.6 is 0 Å². The van der Waals surface area contributed by atoms with Crippen LogP contribution in [0.1, 0.15) is 25.3 Å². The van der Waals surface area contributed by atoms with Crippen LogP contribution in [0.25, 0.3) is 11.3 Å². The molecule has 0 radical (unpaired) electrons. The predicted molar refractivity (Wildman–Crippen MR) is 41.8 cm³/mol. The molecule has 0 saturated heterocycles. The van der Waals surface area contributed by atoms with Crippen LogP contribution in [0.5, 0.6) is 0 Å². The topological polar surface area (TPSA) is 12.9 Å². The van der Waals surface area contributed by atoms with E-state index in [0.29, 0.717) is 0 Å². The number of unbranched alkanes of at least 4 members (excludes halogenated alkanes) is 1. The maximum absolute atomic E-state index is 4.07. The SMILES string of the molecule is CCCCc1cc2ncc1-2. The summed E-state index contributed by atoms with van der Waals surface area (Å²) in [5, 5.41) is 0. The van der Waals surface area contributed by atoms with Gasteiger partial charge in [-0.1, -0.05) is 13.3 Å². The standard InChI is InChI=1S/C9H11N/c1-2-3-4-7-5-9-8(7)6-10-9/h5-6H,2-4H2,1H3. The molecule has 0 aromatic carbocycles. The monoisotopic (exact) mass is 133 g/mol. The Morgan fingerprint density at radius 2 is 2.40 bits per heavy atom. The molecule has 1 heteroatoms. The number of nitrogens with zero attached hydrogens (tertiary/aromatic N) is 1. The lowest BCUT2D eigenvalue weighted by Gasteiger charge is -2.18. The van der Waals surface area contributed by atoms with Gasteiger partial charge in [0.1, 0.15) is 0 Å². The minimum absolute atomic E-state index is 1.23. The number of hydrogen-bond donors (Lipinski definition) is 0. The van der Waals surface area contributed by atoms with Crippen molar-refractivity contribution < 1.29 is 0 Å². The molecule has 1 nitrogen and oxygen atoms in total. The third-order valence-electron chi connectivity index (χ3n) is 2.07. The van der Waals surface area contributed by atoms with Gasteiger partial charge in [0.15, 0.2) is 0 Å². The van der Waals surface area contributed by atoms with E-state index >= 15 is 0 Å². The fraction of sp³-hybridized carbons (Fsp3) is 0.444. The molecule has 0 saturated carbocycles. The predicted octanol–water partition coefficient (Wildman–Crippen LogP) is 2.40. The quantitative estimate of drug-likeness (QED) is 0.626. The molecular weight excluding hydrogens is 122 g/mol. The molecule has 0 amide bonds. The van der Waals surface area contributed by atoms with Crippen molar-refractivity contribution in [2.24, 2.45) is 0 Å². The molecule has 0 aromatic heterocycles. The number of pyridine rings is 1. The molecule has 0 unspecified atom stereocenters. The van der Waals surface area contributed by atoms with E-state index in [2.05, 4.69) is 18.0 Å². The van der Waals surface area contributed by atoms with Crippen molar-refractivity contribution in [2.45, 2.75) is 26.2 Å². The minimum Gasteiger partial charge on any atom is -0.255 e.